The number of nitriles is 1. The SMILES string of the molecule is CC(=O)Oc1c(Br)cc(C=C(C#N)C(=O)Nc2ccc(Cl)cc2[N+](=O)[O-])cc1Br. The molecule has 2 aromatic rings. The molecule has 0 aromatic heterocycles. The minimum atomic E-state index is -0.839. The van der Waals surface area contributed by atoms with Gasteiger partial charge in [0, 0.05) is 18.0 Å². The van der Waals surface area contributed by atoms with Crippen molar-refractivity contribution in [3.63, 3.8) is 0 Å². The molecule has 2 rings (SSSR count). The first kappa shape index (κ1) is 22.5. The number of carbonyl (C=O) groups is 2. The van der Waals surface area contributed by atoms with Gasteiger partial charge in [0.05, 0.1) is 13.9 Å². The van der Waals surface area contributed by atoms with Crippen LogP contribution in [-0.2, 0) is 9.59 Å². The highest BCUT2D eigenvalue weighted by molar-refractivity contribution is 9.11. The van der Waals surface area contributed by atoms with Gasteiger partial charge in [0.2, 0.25) is 0 Å². The summed E-state index contributed by atoms with van der Waals surface area (Å²) in [6, 6.07) is 8.58. The first-order chi connectivity index (χ1) is 13.6. The molecule has 1 amide bonds. The number of esters is 1. The van der Waals surface area contributed by atoms with E-state index in [1.165, 1.54) is 25.1 Å². The van der Waals surface area contributed by atoms with E-state index in [1.807, 2.05) is 0 Å². The summed E-state index contributed by atoms with van der Waals surface area (Å²) in [5.41, 5.74) is -0.359. The van der Waals surface area contributed by atoms with Gasteiger partial charge in [-0.15, -0.1) is 0 Å². The number of nitro benzene ring substituents is 1. The molecule has 29 heavy (non-hydrogen) atoms. The van der Waals surface area contributed by atoms with Gasteiger partial charge in [-0.3, -0.25) is 19.7 Å². The van der Waals surface area contributed by atoms with Crippen LogP contribution in [0.4, 0.5) is 11.4 Å². The van der Waals surface area contributed by atoms with Crippen LogP contribution in [0.2, 0.25) is 5.02 Å². The molecule has 8 nitrogen and oxygen atoms in total. The van der Waals surface area contributed by atoms with E-state index >= 15 is 0 Å². The molecule has 0 bridgehead atoms. The fourth-order valence-electron chi connectivity index (χ4n) is 2.17. The summed E-state index contributed by atoms with van der Waals surface area (Å²) >= 11 is 12.3. The molecular weight excluding hydrogens is 533 g/mol. The monoisotopic (exact) mass is 541 g/mol. The van der Waals surface area contributed by atoms with Crippen molar-refractivity contribution in [3.05, 3.63) is 65.6 Å². The van der Waals surface area contributed by atoms with Crippen molar-refractivity contribution in [1.82, 2.24) is 0 Å². The number of nitrogens with one attached hydrogen (secondary N) is 1. The van der Waals surface area contributed by atoms with Crippen molar-refractivity contribution < 1.29 is 19.2 Å². The number of hydrogen-bond donors (Lipinski definition) is 1. The Morgan fingerprint density at radius 3 is 2.41 bits per heavy atom. The Hall–Kier alpha value is -2.74. The summed E-state index contributed by atoms with van der Waals surface area (Å²) in [5, 5.41) is 22.9. The van der Waals surface area contributed by atoms with Crippen LogP contribution in [0.3, 0.4) is 0 Å². The lowest BCUT2D eigenvalue weighted by molar-refractivity contribution is -0.383. The molecule has 0 aliphatic heterocycles. The summed E-state index contributed by atoms with van der Waals surface area (Å²) in [6.45, 7) is 1.25. The Balaban J connectivity index is 2.36. The van der Waals surface area contributed by atoms with Gasteiger partial charge in [-0.05, 0) is 67.8 Å². The Labute approximate surface area is 186 Å². The van der Waals surface area contributed by atoms with E-state index in [0.717, 1.165) is 6.07 Å². The Bertz CT molecular complexity index is 1070. The molecule has 0 saturated carbocycles. The second kappa shape index (κ2) is 9.65. The molecule has 148 valence electrons. The van der Waals surface area contributed by atoms with Crippen LogP contribution in [0.15, 0.2) is 44.9 Å². The highest BCUT2D eigenvalue weighted by Gasteiger charge is 2.19. The minimum Gasteiger partial charge on any atom is -0.424 e. The third-order valence-corrected chi connectivity index (χ3v) is 4.76. The maximum atomic E-state index is 12.4. The number of benzene rings is 2. The number of ether oxygens (including phenoxy) is 1. The molecule has 1 N–H and O–H groups in total. The van der Waals surface area contributed by atoms with Crippen LogP contribution in [0.25, 0.3) is 6.08 Å². The van der Waals surface area contributed by atoms with Gasteiger partial charge in [-0.1, -0.05) is 11.6 Å². The Morgan fingerprint density at radius 1 is 1.28 bits per heavy atom. The van der Waals surface area contributed by atoms with Crippen molar-refractivity contribution >= 4 is 72.8 Å². The highest BCUT2D eigenvalue weighted by atomic mass is 79.9. The van der Waals surface area contributed by atoms with Crippen LogP contribution in [0, 0.1) is 21.4 Å². The van der Waals surface area contributed by atoms with E-state index < -0.39 is 22.5 Å². The first-order valence-electron chi connectivity index (χ1n) is 7.67. The summed E-state index contributed by atoms with van der Waals surface area (Å²) in [6.07, 6.45) is 1.28. The third kappa shape index (κ3) is 5.87. The van der Waals surface area contributed by atoms with Gasteiger partial charge in [-0.2, -0.15) is 5.26 Å². The predicted molar refractivity (Wildman–Crippen MR) is 113 cm³/mol. The van der Waals surface area contributed by atoms with Crippen LogP contribution in [0.1, 0.15) is 12.5 Å². The lowest BCUT2D eigenvalue weighted by Gasteiger charge is -2.09. The van der Waals surface area contributed by atoms with E-state index in [2.05, 4.69) is 37.2 Å². The van der Waals surface area contributed by atoms with Crippen molar-refractivity contribution in [2.24, 2.45) is 0 Å². The zero-order valence-electron chi connectivity index (χ0n) is 14.5. The highest BCUT2D eigenvalue weighted by Crippen LogP contribution is 2.35. The Kier molecular flexibility index (Phi) is 7.50. The van der Waals surface area contributed by atoms with Gasteiger partial charge in [-0.25, -0.2) is 0 Å². The average molecular weight is 544 g/mol. The number of amides is 1. The summed E-state index contributed by atoms with van der Waals surface area (Å²) < 4.78 is 5.89. The van der Waals surface area contributed by atoms with Crippen LogP contribution in [-0.4, -0.2) is 16.8 Å². The van der Waals surface area contributed by atoms with E-state index in [-0.39, 0.29) is 22.0 Å². The van der Waals surface area contributed by atoms with Crippen LogP contribution >= 0.6 is 43.5 Å². The molecule has 11 heteroatoms. The van der Waals surface area contributed by atoms with E-state index in [4.69, 9.17) is 16.3 Å². The van der Waals surface area contributed by atoms with E-state index in [0.29, 0.717) is 14.5 Å². The molecule has 0 aliphatic carbocycles. The molecule has 0 radical (unpaired) electrons. The molecular formula is C18H10Br2ClN3O5. The number of halogens is 3. The topological polar surface area (TPSA) is 122 Å². The number of rotatable bonds is 5. The number of nitro groups is 1. The number of carbonyl (C=O) groups excluding carboxylic acids is 2. The largest absolute Gasteiger partial charge is 0.424 e. The second-order valence-electron chi connectivity index (χ2n) is 5.45. The maximum absolute atomic E-state index is 12.4. The van der Waals surface area contributed by atoms with Gasteiger partial charge in [0.25, 0.3) is 11.6 Å². The number of hydrogen-bond acceptors (Lipinski definition) is 6. The molecule has 0 heterocycles. The summed E-state index contributed by atoms with van der Waals surface area (Å²) in [5.74, 6) is -1.11. The van der Waals surface area contributed by atoms with Crippen LogP contribution in [0.5, 0.6) is 5.75 Å². The fraction of sp³-hybridized carbons (Fsp3) is 0.0556. The second-order valence-corrected chi connectivity index (χ2v) is 7.59. The molecule has 0 fully saturated rings. The average Bonchev–Trinajstić information content (AvgIpc) is 2.63. The third-order valence-electron chi connectivity index (χ3n) is 3.35. The first-order valence-corrected chi connectivity index (χ1v) is 9.63. The van der Waals surface area contributed by atoms with Crippen LogP contribution < -0.4 is 10.1 Å². The Morgan fingerprint density at radius 2 is 1.90 bits per heavy atom. The number of nitrogens with zero attached hydrogens (tertiary/aromatic N) is 2. The molecule has 0 saturated heterocycles. The fourth-order valence-corrected chi connectivity index (χ4v) is 3.72. The molecule has 0 unspecified atom stereocenters. The number of anilines is 1. The van der Waals surface area contributed by atoms with Crippen molar-refractivity contribution in [2.75, 3.05) is 5.32 Å². The van der Waals surface area contributed by atoms with Gasteiger partial charge in [0.1, 0.15) is 17.3 Å². The molecule has 2 aromatic carbocycles. The van der Waals surface area contributed by atoms with E-state index in [9.17, 15) is 25.0 Å². The molecule has 0 aliphatic rings. The standard InChI is InChI=1S/C18H10Br2ClN3O5/c1-9(25)29-17-13(19)5-10(6-14(17)20)4-11(8-22)18(26)23-15-3-2-12(21)7-16(15)24(27)28/h2-7H,1H3,(H,23,26). The zero-order chi connectivity index (χ0) is 21.7. The van der Waals surface area contributed by atoms with E-state index in [1.54, 1.807) is 18.2 Å². The van der Waals surface area contributed by atoms with Crippen molar-refractivity contribution in [3.8, 4) is 11.8 Å². The quantitative estimate of drug-likeness (QED) is 0.137. The summed E-state index contributed by atoms with van der Waals surface area (Å²) in [7, 11) is 0. The zero-order valence-corrected chi connectivity index (χ0v) is 18.5. The maximum Gasteiger partial charge on any atom is 0.308 e. The molecule has 0 atom stereocenters. The minimum absolute atomic E-state index is 0.0990. The normalized spacial score (nSPS) is 10.8. The predicted octanol–water partition coefficient (Wildman–Crippen LogP) is 5.24. The van der Waals surface area contributed by atoms with Gasteiger partial charge in [0.15, 0.2) is 5.75 Å². The van der Waals surface area contributed by atoms with Gasteiger partial charge >= 0.3 is 5.97 Å². The lowest BCUT2D eigenvalue weighted by atomic mass is 10.1. The van der Waals surface area contributed by atoms with Gasteiger partial charge < -0.3 is 10.1 Å². The van der Waals surface area contributed by atoms with Crippen molar-refractivity contribution in [2.45, 2.75) is 6.92 Å². The summed E-state index contributed by atoms with van der Waals surface area (Å²) in [4.78, 5) is 34.0. The molecule has 0 spiro atoms. The lowest BCUT2D eigenvalue weighted by Crippen LogP contribution is -2.14. The van der Waals surface area contributed by atoms with Crippen molar-refractivity contribution in [1.29, 1.82) is 5.26 Å². The smallest absolute Gasteiger partial charge is 0.308 e.